The molecule has 0 fully saturated rings. The van der Waals surface area contributed by atoms with E-state index in [-0.39, 0.29) is 11.6 Å². The van der Waals surface area contributed by atoms with Gasteiger partial charge in [-0.2, -0.15) is 0 Å². The normalized spacial score (nSPS) is 10.8. The second-order valence-electron chi connectivity index (χ2n) is 9.04. The molecule has 1 N–H and O–H groups in total. The summed E-state index contributed by atoms with van der Waals surface area (Å²) in [6.45, 7) is 0.913. The Morgan fingerprint density at radius 3 is 2.16 bits per heavy atom. The molecule has 3 aromatic carbocycles. The van der Waals surface area contributed by atoms with E-state index in [2.05, 4.69) is 15.2 Å². The van der Waals surface area contributed by atoms with Gasteiger partial charge in [0, 0.05) is 24.0 Å². The van der Waals surface area contributed by atoms with E-state index in [1.54, 1.807) is 42.3 Å². The van der Waals surface area contributed by atoms with Gasteiger partial charge in [-0.3, -0.25) is 9.59 Å². The second kappa shape index (κ2) is 12.1. The van der Waals surface area contributed by atoms with Gasteiger partial charge in [-0.15, -0.1) is 0 Å². The maximum absolute atomic E-state index is 13.4. The number of nitrogens with one attached hydrogen (secondary N) is 1. The van der Waals surface area contributed by atoms with Crippen molar-refractivity contribution in [1.82, 2.24) is 14.9 Å². The Bertz CT molecular complexity index is 1360. The Labute approximate surface area is 217 Å². The third kappa shape index (κ3) is 6.65. The van der Waals surface area contributed by atoms with Gasteiger partial charge in [0.05, 0.1) is 11.3 Å². The molecule has 0 saturated carbocycles. The van der Waals surface area contributed by atoms with Gasteiger partial charge < -0.3 is 15.1 Å². The number of amides is 2. The Morgan fingerprint density at radius 1 is 0.811 bits per heavy atom. The first kappa shape index (κ1) is 25.7. The molecule has 0 radical (unpaired) electrons. The first-order valence-electron chi connectivity index (χ1n) is 12.2. The highest BCUT2D eigenvalue weighted by molar-refractivity contribution is 6.13. The lowest BCUT2D eigenvalue weighted by Crippen LogP contribution is -2.27. The quantitative estimate of drug-likeness (QED) is 0.348. The van der Waals surface area contributed by atoms with Gasteiger partial charge >= 0.3 is 0 Å². The maximum Gasteiger partial charge on any atom is 0.274 e. The van der Waals surface area contributed by atoms with Crippen LogP contribution in [0.5, 0.6) is 0 Å². The molecule has 0 bridgehead atoms. The summed E-state index contributed by atoms with van der Waals surface area (Å²) >= 11 is 0. The Morgan fingerprint density at radius 2 is 1.46 bits per heavy atom. The van der Waals surface area contributed by atoms with E-state index in [1.807, 2.05) is 74.8 Å². The number of benzene rings is 3. The van der Waals surface area contributed by atoms with Crippen molar-refractivity contribution in [3.05, 3.63) is 108 Å². The predicted octanol–water partition coefficient (Wildman–Crippen LogP) is 5.17. The highest BCUT2D eigenvalue weighted by Gasteiger charge is 2.20. The highest BCUT2D eigenvalue weighted by atomic mass is 16.2. The third-order valence-electron chi connectivity index (χ3n) is 5.94. The fourth-order valence-corrected chi connectivity index (χ4v) is 3.95. The summed E-state index contributed by atoms with van der Waals surface area (Å²) in [5.74, 6) is -0.114. The summed E-state index contributed by atoms with van der Waals surface area (Å²) in [4.78, 5) is 39.7. The van der Waals surface area contributed by atoms with Crippen LogP contribution < -0.4 is 10.2 Å². The van der Waals surface area contributed by atoms with E-state index >= 15 is 0 Å². The van der Waals surface area contributed by atoms with Crippen molar-refractivity contribution in [2.24, 2.45) is 0 Å². The van der Waals surface area contributed by atoms with Crippen LogP contribution in [0.25, 0.3) is 11.4 Å². The summed E-state index contributed by atoms with van der Waals surface area (Å²) in [6.07, 6.45) is 1.63. The molecule has 0 spiro atoms. The molecule has 0 aliphatic rings. The summed E-state index contributed by atoms with van der Waals surface area (Å²) in [5, 5.41) is 2.91. The molecule has 7 heteroatoms. The number of carbonyl (C=O) groups is 2. The molecule has 2 amide bonds. The Hall–Kier alpha value is -4.36. The largest absolute Gasteiger partial charge is 0.320 e. The molecule has 4 rings (SSSR count). The van der Waals surface area contributed by atoms with Crippen LogP contribution in [0, 0.1) is 0 Å². The molecule has 7 nitrogen and oxygen atoms in total. The Kier molecular flexibility index (Phi) is 8.38. The van der Waals surface area contributed by atoms with Gasteiger partial charge in [-0.25, -0.2) is 9.97 Å². The summed E-state index contributed by atoms with van der Waals surface area (Å²) in [7, 11) is 5.78. The van der Waals surface area contributed by atoms with Crippen molar-refractivity contribution in [2.45, 2.75) is 12.8 Å². The number of rotatable bonds is 9. The number of aromatic nitrogens is 2. The van der Waals surface area contributed by atoms with E-state index in [0.717, 1.165) is 36.3 Å². The standard InChI is InChI=1S/C30H31N5O2/c1-34(2)20-12-15-23-21-27(32-28(31-23)22-13-6-4-7-14-22)29(36)33-26-19-11-10-18-25(26)30(37)35(3)24-16-8-5-9-17-24/h4-11,13-14,16-19,21H,12,15,20H2,1-3H3,(H,33,36). The fraction of sp³-hybridized carbons (Fsp3) is 0.200. The topological polar surface area (TPSA) is 78.4 Å². The van der Waals surface area contributed by atoms with Crippen LogP contribution >= 0.6 is 0 Å². The minimum absolute atomic E-state index is 0.223. The zero-order chi connectivity index (χ0) is 26.2. The minimum atomic E-state index is -0.393. The van der Waals surface area contributed by atoms with Crippen LogP contribution in [-0.2, 0) is 6.42 Å². The van der Waals surface area contributed by atoms with Gasteiger partial charge in [-0.1, -0.05) is 60.7 Å². The van der Waals surface area contributed by atoms with Crippen molar-refractivity contribution < 1.29 is 9.59 Å². The monoisotopic (exact) mass is 493 g/mol. The summed E-state index contributed by atoms with van der Waals surface area (Å²) in [6, 6.07) is 27.7. The predicted molar refractivity (Wildman–Crippen MR) is 148 cm³/mol. The van der Waals surface area contributed by atoms with Crippen molar-refractivity contribution in [1.29, 1.82) is 0 Å². The zero-order valence-corrected chi connectivity index (χ0v) is 21.4. The molecule has 0 atom stereocenters. The number of para-hydroxylation sites is 2. The third-order valence-corrected chi connectivity index (χ3v) is 5.94. The first-order chi connectivity index (χ1) is 17.9. The van der Waals surface area contributed by atoms with Crippen LogP contribution in [-0.4, -0.2) is 54.4 Å². The second-order valence-corrected chi connectivity index (χ2v) is 9.04. The van der Waals surface area contributed by atoms with Gasteiger partial charge in [-0.05, 0) is 63.8 Å². The number of aryl methyl sites for hydroxylation is 1. The smallest absolute Gasteiger partial charge is 0.274 e. The van der Waals surface area contributed by atoms with E-state index in [4.69, 9.17) is 4.98 Å². The zero-order valence-electron chi connectivity index (χ0n) is 21.4. The van der Waals surface area contributed by atoms with E-state index in [9.17, 15) is 9.59 Å². The van der Waals surface area contributed by atoms with E-state index < -0.39 is 5.91 Å². The molecule has 0 aliphatic heterocycles. The molecule has 1 heterocycles. The minimum Gasteiger partial charge on any atom is -0.320 e. The molecular weight excluding hydrogens is 462 g/mol. The summed E-state index contributed by atoms with van der Waals surface area (Å²) < 4.78 is 0. The van der Waals surface area contributed by atoms with Crippen LogP contribution in [0.1, 0.15) is 33.0 Å². The number of hydrogen-bond donors (Lipinski definition) is 1. The lowest BCUT2D eigenvalue weighted by atomic mass is 10.1. The number of carbonyl (C=O) groups excluding carboxylic acids is 2. The van der Waals surface area contributed by atoms with Crippen LogP contribution in [0.3, 0.4) is 0 Å². The van der Waals surface area contributed by atoms with E-state index in [0.29, 0.717) is 17.1 Å². The average Bonchev–Trinajstić information content (AvgIpc) is 2.93. The molecule has 188 valence electrons. The lowest BCUT2D eigenvalue weighted by Gasteiger charge is -2.19. The van der Waals surface area contributed by atoms with Crippen molar-refractivity contribution in [3.63, 3.8) is 0 Å². The molecule has 4 aromatic rings. The Balaban J connectivity index is 1.62. The van der Waals surface area contributed by atoms with Gasteiger partial charge in [0.2, 0.25) is 0 Å². The fourth-order valence-electron chi connectivity index (χ4n) is 3.95. The SMILES string of the molecule is CN(C)CCCc1cc(C(=O)Nc2ccccc2C(=O)N(C)c2ccccc2)nc(-c2ccccc2)n1. The molecular formula is C30H31N5O2. The highest BCUT2D eigenvalue weighted by Crippen LogP contribution is 2.22. The summed E-state index contributed by atoms with van der Waals surface area (Å²) in [5.41, 5.74) is 3.48. The lowest BCUT2D eigenvalue weighted by molar-refractivity contribution is 0.0994. The van der Waals surface area contributed by atoms with Gasteiger partial charge in [0.15, 0.2) is 5.82 Å². The number of nitrogens with zero attached hydrogens (tertiary/aromatic N) is 4. The van der Waals surface area contributed by atoms with Crippen molar-refractivity contribution in [2.75, 3.05) is 37.9 Å². The van der Waals surface area contributed by atoms with Crippen LogP contribution in [0.15, 0.2) is 91.0 Å². The van der Waals surface area contributed by atoms with Crippen LogP contribution in [0.4, 0.5) is 11.4 Å². The molecule has 0 aliphatic carbocycles. The molecule has 1 aromatic heterocycles. The van der Waals surface area contributed by atoms with Crippen molar-refractivity contribution in [3.8, 4) is 11.4 Å². The average molecular weight is 494 g/mol. The van der Waals surface area contributed by atoms with Crippen LogP contribution in [0.2, 0.25) is 0 Å². The van der Waals surface area contributed by atoms with E-state index in [1.165, 1.54) is 0 Å². The molecule has 0 saturated heterocycles. The van der Waals surface area contributed by atoms with Gasteiger partial charge in [0.1, 0.15) is 5.69 Å². The first-order valence-corrected chi connectivity index (χ1v) is 12.2. The molecule has 0 unspecified atom stereocenters. The maximum atomic E-state index is 13.4. The van der Waals surface area contributed by atoms with Crippen molar-refractivity contribution >= 4 is 23.2 Å². The number of hydrogen-bond acceptors (Lipinski definition) is 5. The van der Waals surface area contributed by atoms with Gasteiger partial charge in [0.25, 0.3) is 11.8 Å². The molecule has 37 heavy (non-hydrogen) atoms. The number of anilines is 2.